The van der Waals surface area contributed by atoms with Crippen molar-refractivity contribution in [3.05, 3.63) is 49.1 Å². The van der Waals surface area contributed by atoms with Gasteiger partial charge in [0, 0.05) is 19.1 Å². The van der Waals surface area contributed by atoms with Gasteiger partial charge >= 0.3 is 5.97 Å². The Balaban J connectivity index is 5.16. The number of rotatable bonds is 13. The Morgan fingerprint density at radius 1 is 1.17 bits per heavy atom. The van der Waals surface area contributed by atoms with Gasteiger partial charge in [-0.1, -0.05) is 52.0 Å². The van der Waals surface area contributed by atoms with Crippen molar-refractivity contribution < 1.29 is 18.7 Å². The fourth-order valence-corrected chi connectivity index (χ4v) is 3.96. The Kier molecular flexibility index (Phi) is 12.3. The second-order valence-electron chi connectivity index (χ2n) is 9.03. The molecule has 0 radical (unpaired) electrons. The van der Waals surface area contributed by atoms with Crippen LogP contribution in [0.5, 0.6) is 0 Å². The van der Waals surface area contributed by atoms with E-state index in [4.69, 9.17) is 13.9 Å². The molecular weight excluding hydrogens is 380 g/mol. The summed E-state index contributed by atoms with van der Waals surface area (Å²) < 4.78 is 17.6. The second kappa shape index (κ2) is 13.0. The summed E-state index contributed by atoms with van der Waals surface area (Å²) in [5.41, 5.74) is 0.980. The van der Waals surface area contributed by atoms with Crippen LogP contribution >= 0.6 is 0 Å². The lowest BCUT2D eigenvalue weighted by Crippen LogP contribution is -2.49. The van der Waals surface area contributed by atoms with Crippen LogP contribution in [0.25, 0.3) is 0 Å². The molecule has 0 aromatic carbocycles. The average Bonchev–Trinajstić information content (AvgIpc) is 2.62. The van der Waals surface area contributed by atoms with Crippen LogP contribution in [0.3, 0.4) is 0 Å². The van der Waals surface area contributed by atoms with Crippen LogP contribution in [0.1, 0.15) is 47.5 Å². The Morgan fingerprint density at radius 2 is 1.79 bits per heavy atom. The van der Waals surface area contributed by atoms with Gasteiger partial charge in [0.2, 0.25) is 0 Å². The maximum atomic E-state index is 11.8. The summed E-state index contributed by atoms with van der Waals surface area (Å²) in [5.74, 6) is -0.252. The van der Waals surface area contributed by atoms with Gasteiger partial charge in [-0.25, -0.2) is 4.79 Å². The quantitative estimate of drug-likeness (QED) is 0.116. The van der Waals surface area contributed by atoms with Crippen LogP contribution in [0.2, 0.25) is 18.1 Å². The molecule has 0 N–H and O–H groups in total. The van der Waals surface area contributed by atoms with Gasteiger partial charge < -0.3 is 13.9 Å². The highest BCUT2D eigenvalue weighted by molar-refractivity contribution is 6.74. The van der Waals surface area contributed by atoms with Crippen molar-refractivity contribution in [2.75, 3.05) is 13.7 Å². The molecule has 0 rings (SSSR count). The molecule has 0 aromatic rings. The molecule has 166 valence electrons. The highest BCUT2D eigenvalue weighted by Gasteiger charge is 2.41. The van der Waals surface area contributed by atoms with Crippen LogP contribution in [-0.4, -0.2) is 40.2 Å². The largest absolute Gasteiger partial charge is 0.458 e. The first-order valence-electron chi connectivity index (χ1n) is 10.3. The van der Waals surface area contributed by atoms with E-state index in [-0.39, 0.29) is 35.7 Å². The minimum Gasteiger partial charge on any atom is -0.458 e. The number of esters is 1. The van der Waals surface area contributed by atoms with Crippen molar-refractivity contribution in [3.63, 3.8) is 0 Å². The smallest absolute Gasteiger partial charge is 0.330 e. The van der Waals surface area contributed by atoms with Gasteiger partial charge in [-0.3, -0.25) is 0 Å². The van der Waals surface area contributed by atoms with E-state index in [9.17, 15) is 4.79 Å². The predicted octanol–water partition coefficient (Wildman–Crippen LogP) is 6.23. The summed E-state index contributed by atoms with van der Waals surface area (Å²) in [5, 5.41) is 0.0939. The molecule has 0 fully saturated rings. The molecule has 0 amide bonds. The minimum absolute atomic E-state index is 0.0777. The lowest BCUT2D eigenvalue weighted by Gasteiger charge is -2.42. The van der Waals surface area contributed by atoms with E-state index in [1.165, 1.54) is 6.08 Å². The van der Waals surface area contributed by atoms with Gasteiger partial charge in [-0.15, -0.1) is 13.2 Å². The van der Waals surface area contributed by atoms with Crippen LogP contribution in [0.4, 0.5) is 0 Å². The maximum absolute atomic E-state index is 11.8. The number of hydrogen-bond donors (Lipinski definition) is 0. The molecule has 0 spiro atoms. The molecule has 3 atom stereocenters. The van der Waals surface area contributed by atoms with Crippen LogP contribution < -0.4 is 0 Å². The number of ether oxygens (including phenoxy) is 2. The molecule has 0 aliphatic heterocycles. The SMILES string of the molecule is C=CCC/C=C/C(=O)OC/C(C)=C\[C@@H](C)[C@H](O[Si](C)(C)C(C)(C)C)[C@@H](C=C)OC. The summed E-state index contributed by atoms with van der Waals surface area (Å²) in [7, 11) is -0.315. The van der Waals surface area contributed by atoms with E-state index >= 15 is 0 Å². The third-order valence-electron chi connectivity index (χ3n) is 5.36. The first-order chi connectivity index (χ1) is 13.4. The lowest BCUT2D eigenvalue weighted by molar-refractivity contribution is -0.136. The minimum atomic E-state index is -1.99. The number of hydrogen-bond acceptors (Lipinski definition) is 4. The third kappa shape index (κ3) is 10.2. The van der Waals surface area contributed by atoms with E-state index in [0.29, 0.717) is 0 Å². The molecule has 5 heteroatoms. The maximum Gasteiger partial charge on any atom is 0.330 e. The van der Waals surface area contributed by atoms with E-state index in [1.807, 2.05) is 19.1 Å². The molecule has 0 heterocycles. The Hall–Kier alpha value is -1.43. The number of carbonyl (C=O) groups is 1. The monoisotopic (exact) mass is 422 g/mol. The summed E-state index contributed by atoms with van der Waals surface area (Å²) in [6.45, 7) is 23.0. The van der Waals surface area contributed by atoms with Crippen molar-refractivity contribution in [2.24, 2.45) is 5.92 Å². The summed E-state index contributed by atoms with van der Waals surface area (Å²) >= 11 is 0. The molecule has 0 aromatic heterocycles. The number of carbonyl (C=O) groups excluding carboxylic acids is 1. The van der Waals surface area contributed by atoms with Gasteiger partial charge in [0.15, 0.2) is 8.32 Å². The van der Waals surface area contributed by atoms with Crippen molar-refractivity contribution in [2.45, 2.75) is 77.8 Å². The van der Waals surface area contributed by atoms with E-state index in [2.05, 4.69) is 60.0 Å². The molecule has 0 aliphatic carbocycles. The van der Waals surface area contributed by atoms with Gasteiger partial charge in [0.1, 0.15) is 12.7 Å². The molecule has 0 saturated carbocycles. The zero-order valence-corrected chi connectivity index (χ0v) is 20.8. The van der Waals surface area contributed by atoms with Crippen molar-refractivity contribution in [3.8, 4) is 0 Å². The second-order valence-corrected chi connectivity index (χ2v) is 13.8. The first-order valence-corrected chi connectivity index (χ1v) is 13.2. The standard InChI is InChI=1S/C24H42O4Si/c1-11-13-14-15-16-22(25)27-18-19(3)17-20(4)23(21(12-2)26-8)28-29(9,10)24(5,6)7/h11-12,15-17,20-21,23H,1-2,13-14,18H2,3-10H3/b16-15+,19-17-/t20-,21-,23+/m1/s1. The normalized spacial score (nSPS) is 16.3. The Morgan fingerprint density at radius 3 is 2.28 bits per heavy atom. The van der Waals surface area contributed by atoms with Crippen LogP contribution in [-0.2, 0) is 18.7 Å². The fraction of sp³-hybridized carbons (Fsp3) is 0.625. The molecule has 0 bridgehead atoms. The predicted molar refractivity (Wildman–Crippen MR) is 126 cm³/mol. The zero-order valence-electron chi connectivity index (χ0n) is 19.8. The number of methoxy groups -OCH3 is 1. The first kappa shape index (κ1) is 27.6. The topological polar surface area (TPSA) is 44.8 Å². The van der Waals surface area contributed by atoms with Crippen molar-refractivity contribution in [1.29, 1.82) is 0 Å². The fourth-order valence-electron chi connectivity index (χ4n) is 2.57. The van der Waals surface area contributed by atoms with E-state index in [0.717, 1.165) is 18.4 Å². The van der Waals surface area contributed by atoms with Crippen LogP contribution in [0, 0.1) is 5.92 Å². The van der Waals surface area contributed by atoms with Gasteiger partial charge in [-0.05, 0) is 43.5 Å². The molecule has 0 aliphatic rings. The van der Waals surface area contributed by atoms with E-state index in [1.54, 1.807) is 13.2 Å². The van der Waals surface area contributed by atoms with Gasteiger partial charge in [0.05, 0.1) is 6.10 Å². The molecule has 0 saturated heterocycles. The summed E-state index contributed by atoms with van der Waals surface area (Å²) in [6.07, 6.45) is 10.3. The highest BCUT2D eigenvalue weighted by Crippen LogP contribution is 2.39. The lowest BCUT2D eigenvalue weighted by atomic mass is 9.97. The molecular formula is C24H42O4Si. The van der Waals surface area contributed by atoms with Crippen LogP contribution in [0.15, 0.2) is 49.1 Å². The summed E-state index contributed by atoms with van der Waals surface area (Å²) in [4.78, 5) is 11.8. The van der Waals surface area contributed by atoms with Crippen molar-refractivity contribution in [1.82, 2.24) is 0 Å². The number of unbranched alkanes of at least 4 members (excludes halogenated alkanes) is 1. The highest BCUT2D eigenvalue weighted by atomic mass is 28.4. The van der Waals surface area contributed by atoms with E-state index < -0.39 is 8.32 Å². The van der Waals surface area contributed by atoms with Gasteiger partial charge in [-0.2, -0.15) is 0 Å². The molecule has 0 unspecified atom stereocenters. The zero-order chi connectivity index (χ0) is 22.7. The Labute approximate surface area is 179 Å². The average molecular weight is 423 g/mol. The third-order valence-corrected chi connectivity index (χ3v) is 9.84. The summed E-state index contributed by atoms with van der Waals surface area (Å²) in [6, 6.07) is 0. The van der Waals surface area contributed by atoms with Gasteiger partial charge in [0.25, 0.3) is 0 Å². The Bertz CT molecular complexity index is 584. The number of allylic oxidation sites excluding steroid dienone is 2. The van der Waals surface area contributed by atoms with Crippen molar-refractivity contribution >= 4 is 14.3 Å². The molecule has 29 heavy (non-hydrogen) atoms. The molecule has 4 nitrogen and oxygen atoms in total.